The van der Waals surface area contributed by atoms with Gasteiger partial charge in [-0.25, -0.2) is 14.4 Å². The molecular weight excluding hydrogens is 325 g/mol. The second-order valence-electron chi connectivity index (χ2n) is 6.21. The summed E-state index contributed by atoms with van der Waals surface area (Å²) in [6.07, 6.45) is 4.70. The number of benzene rings is 1. The van der Waals surface area contributed by atoms with E-state index in [0.717, 1.165) is 18.4 Å². The number of halogens is 1. The second kappa shape index (κ2) is 6.16. The van der Waals surface area contributed by atoms with E-state index in [2.05, 4.69) is 15.1 Å². The summed E-state index contributed by atoms with van der Waals surface area (Å²) in [5, 5.41) is 12.6. The van der Waals surface area contributed by atoms with Crippen LogP contribution >= 0.6 is 0 Å². The smallest absolute Gasteiger partial charge is 0.252 e. The number of aryl methyl sites for hydroxylation is 1. The zero-order valence-corrected chi connectivity index (χ0v) is 13.5. The van der Waals surface area contributed by atoms with Gasteiger partial charge in [0.15, 0.2) is 5.76 Å². The average molecular weight is 341 g/mol. The second-order valence-corrected chi connectivity index (χ2v) is 6.21. The number of nitrogens with zero attached hydrogens (tertiary/aromatic N) is 3. The minimum absolute atomic E-state index is 0.0452. The highest BCUT2D eigenvalue weighted by atomic mass is 19.1. The van der Waals surface area contributed by atoms with Crippen LogP contribution in [-0.2, 0) is 0 Å². The molecule has 0 aliphatic heterocycles. The molecule has 25 heavy (non-hydrogen) atoms. The SMILES string of the molecule is Cc1ccc([C@H]2C[C@@H](Oc3cnc(-c4cc(O)no4)cn3)C2)cc1F. The van der Waals surface area contributed by atoms with Gasteiger partial charge in [0.1, 0.15) is 17.6 Å². The van der Waals surface area contributed by atoms with Gasteiger partial charge in [-0.15, -0.1) is 0 Å². The molecule has 2 aromatic heterocycles. The summed E-state index contributed by atoms with van der Waals surface area (Å²) < 4.78 is 24.3. The first-order valence-corrected chi connectivity index (χ1v) is 7.99. The van der Waals surface area contributed by atoms with Crippen molar-refractivity contribution in [1.29, 1.82) is 0 Å². The predicted molar refractivity (Wildman–Crippen MR) is 86.7 cm³/mol. The minimum Gasteiger partial charge on any atom is -0.491 e. The molecule has 0 bridgehead atoms. The maximum atomic E-state index is 13.6. The summed E-state index contributed by atoms with van der Waals surface area (Å²) in [6.45, 7) is 1.76. The van der Waals surface area contributed by atoms with Crippen molar-refractivity contribution in [1.82, 2.24) is 15.1 Å². The number of hydrogen-bond acceptors (Lipinski definition) is 6. The molecule has 1 aliphatic carbocycles. The lowest BCUT2D eigenvalue weighted by molar-refractivity contribution is 0.0930. The zero-order chi connectivity index (χ0) is 17.4. The summed E-state index contributed by atoms with van der Waals surface area (Å²) in [6, 6.07) is 6.75. The Kier molecular flexibility index (Phi) is 3.83. The Morgan fingerprint density at radius 3 is 2.68 bits per heavy atom. The molecule has 128 valence electrons. The third-order valence-electron chi connectivity index (χ3n) is 4.43. The molecule has 2 heterocycles. The molecule has 4 rings (SSSR count). The molecule has 1 N–H and O–H groups in total. The van der Waals surface area contributed by atoms with Crippen LogP contribution in [0, 0.1) is 12.7 Å². The topological polar surface area (TPSA) is 81.3 Å². The number of hydrogen-bond donors (Lipinski definition) is 1. The largest absolute Gasteiger partial charge is 0.491 e. The standard InChI is InChI=1S/C18H16FN3O3/c1-10-2-3-11(6-14(10)19)12-4-13(5-12)24-18-9-20-15(8-21-18)16-7-17(23)22-25-16/h2-3,6-9,12-13H,4-5H2,1H3,(H,22,23)/t12-,13+. The molecule has 0 atom stereocenters. The van der Waals surface area contributed by atoms with Crippen LogP contribution in [0.1, 0.15) is 29.9 Å². The van der Waals surface area contributed by atoms with Crippen LogP contribution in [0.4, 0.5) is 4.39 Å². The Balaban J connectivity index is 1.35. The highest BCUT2D eigenvalue weighted by Gasteiger charge is 2.32. The first-order valence-electron chi connectivity index (χ1n) is 7.99. The Bertz CT molecular complexity index is 889. The van der Waals surface area contributed by atoms with E-state index in [-0.39, 0.29) is 17.8 Å². The molecule has 0 unspecified atom stereocenters. The Labute approximate surface area is 143 Å². The maximum Gasteiger partial charge on any atom is 0.252 e. The fourth-order valence-corrected chi connectivity index (χ4v) is 2.86. The van der Waals surface area contributed by atoms with Gasteiger partial charge in [-0.05, 0) is 48.0 Å². The Morgan fingerprint density at radius 2 is 2.04 bits per heavy atom. The van der Waals surface area contributed by atoms with E-state index in [0.29, 0.717) is 28.8 Å². The van der Waals surface area contributed by atoms with Gasteiger partial charge >= 0.3 is 0 Å². The average Bonchev–Trinajstić information content (AvgIpc) is 3.00. The number of rotatable bonds is 4. The third-order valence-corrected chi connectivity index (χ3v) is 4.43. The van der Waals surface area contributed by atoms with Gasteiger partial charge in [0.25, 0.3) is 5.88 Å². The lowest BCUT2D eigenvalue weighted by Crippen LogP contribution is -2.32. The molecule has 1 aliphatic rings. The van der Waals surface area contributed by atoms with Crippen LogP contribution < -0.4 is 4.74 Å². The van der Waals surface area contributed by atoms with Gasteiger partial charge in [0, 0.05) is 0 Å². The van der Waals surface area contributed by atoms with E-state index in [9.17, 15) is 9.50 Å². The molecule has 6 nitrogen and oxygen atoms in total. The summed E-state index contributed by atoms with van der Waals surface area (Å²) >= 11 is 0. The third kappa shape index (κ3) is 3.17. The first-order chi connectivity index (χ1) is 12.1. The van der Waals surface area contributed by atoms with Crippen LogP contribution in [0.5, 0.6) is 11.8 Å². The first kappa shape index (κ1) is 15.6. The molecule has 1 fully saturated rings. The van der Waals surface area contributed by atoms with Crippen molar-refractivity contribution >= 4 is 0 Å². The van der Waals surface area contributed by atoms with Crippen molar-refractivity contribution in [2.45, 2.75) is 31.8 Å². The van der Waals surface area contributed by atoms with E-state index < -0.39 is 0 Å². The van der Waals surface area contributed by atoms with E-state index in [1.54, 1.807) is 13.0 Å². The van der Waals surface area contributed by atoms with Crippen LogP contribution in [0.3, 0.4) is 0 Å². The number of ether oxygens (including phenoxy) is 1. The van der Waals surface area contributed by atoms with Gasteiger partial charge in [-0.3, -0.25) is 0 Å². The van der Waals surface area contributed by atoms with Crippen molar-refractivity contribution in [2.24, 2.45) is 0 Å². The van der Waals surface area contributed by atoms with Crippen molar-refractivity contribution in [2.75, 3.05) is 0 Å². The van der Waals surface area contributed by atoms with Crippen molar-refractivity contribution in [3.63, 3.8) is 0 Å². The fourth-order valence-electron chi connectivity index (χ4n) is 2.86. The van der Waals surface area contributed by atoms with Crippen LogP contribution in [0.25, 0.3) is 11.5 Å². The molecule has 0 amide bonds. The summed E-state index contributed by atoms with van der Waals surface area (Å²) in [5.74, 6) is 0.698. The zero-order valence-electron chi connectivity index (χ0n) is 13.5. The lowest BCUT2D eigenvalue weighted by Gasteiger charge is -2.35. The summed E-state index contributed by atoms with van der Waals surface area (Å²) in [5.41, 5.74) is 2.13. The maximum absolute atomic E-state index is 13.6. The van der Waals surface area contributed by atoms with E-state index in [1.165, 1.54) is 18.5 Å². The van der Waals surface area contributed by atoms with E-state index >= 15 is 0 Å². The molecule has 7 heteroatoms. The molecule has 0 radical (unpaired) electrons. The number of aromatic nitrogens is 3. The fraction of sp³-hybridized carbons (Fsp3) is 0.278. The molecule has 1 saturated carbocycles. The van der Waals surface area contributed by atoms with Crippen LogP contribution in [-0.4, -0.2) is 26.3 Å². The van der Waals surface area contributed by atoms with Crippen molar-refractivity contribution in [3.8, 4) is 23.2 Å². The van der Waals surface area contributed by atoms with Crippen LogP contribution in [0.2, 0.25) is 0 Å². The van der Waals surface area contributed by atoms with E-state index in [1.807, 2.05) is 12.1 Å². The highest BCUT2D eigenvalue weighted by molar-refractivity contribution is 5.51. The Morgan fingerprint density at radius 1 is 1.20 bits per heavy atom. The van der Waals surface area contributed by atoms with Gasteiger partial charge in [0.2, 0.25) is 5.88 Å². The van der Waals surface area contributed by atoms with Crippen LogP contribution in [0.15, 0.2) is 41.2 Å². The van der Waals surface area contributed by atoms with Crippen molar-refractivity contribution < 1.29 is 18.8 Å². The summed E-state index contributed by atoms with van der Waals surface area (Å²) in [4.78, 5) is 8.39. The monoisotopic (exact) mass is 341 g/mol. The quantitative estimate of drug-likeness (QED) is 0.781. The molecule has 0 spiro atoms. The molecule has 3 aromatic rings. The van der Waals surface area contributed by atoms with Gasteiger partial charge in [0.05, 0.1) is 18.5 Å². The summed E-state index contributed by atoms with van der Waals surface area (Å²) in [7, 11) is 0. The molecular formula is C18H16FN3O3. The highest BCUT2D eigenvalue weighted by Crippen LogP contribution is 2.39. The van der Waals surface area contributed by atoms with Crippen molar-refractivity contribution in [3.05, 3.63) is 53.6 Å². The van der Waals surface area contributed by atoms with Gasteiger partial charge in [-0.2, -0.15) is 0 Å². The minimum atomic E-state index is -0.204. The van der Waals surface area contributed by atoms with E-state index in [4.69, 9.17) is 9.26 Å². The van der Waals surface area contributed by atoms with Gasteiger partial charge < -0.3 is 14.4 Å². The number of aromatic hydroxyl groups is 1. The lowest BCUT2D eigenvalue weighted by atomic mass is 9.77. The Hall–Kier alpha value is -2.96. The normalized spacial score (nSPS) is 19.4. The molecule has 1 aromatic carbocycles. The molecule has 0 saturated heterocycles. The predicted octanol–water partition coefficient (Wildman–Crippen LogP) is 3.61. The van der Waals surface area contributed by atoms with Gasteiger partial charge in [-0.1, -0.05) is 12.1 Å².